The van der Waals surface area contributed by atoms with Crippen LogP contribution in [0.1, 0.15) is 22.3 Å². The van der Waals surface area contributed by atoms with E-state index in [1.807, 2.05) is 47.5 Å². The summed E-state index contributed by atoms with van der Waals surface area (Å²) in [5, 5.41) is 0. The van der Waals surface area contributed by atoms with Gasteiger partial charge in [0.1, 0.15) is 12.7 Å². The van der Waals surface area contributed by atoms with Crippen molar-refractivity contribution in [3.63, 3.8) is 0 Å². The maximum Gasteiger partial charge on any atom is 0.102 e. The molecule has 4 nitrogen and oxygen atoms in total. The van der Waals surface area contributed by atoms with Gasteiger partial charge in [0.15, 0.2) is 0 Å². The van der Waals surface area contributed by atoms with Crippen LogP contribution in [0.3, 0.4) is 0 Å². The van der Waals surface area contributed by atoms with Crippen LogP contribution in [0, 0.1) is 27.7 Å². The van der Waals surface area contributed by atoms with Gasteiger partial charge in [-0.15, -0.1) is 0 Å². The first-order chi connectivity index (χ1) is 11.8. The molecule has 0 amide bonds. The van der Waals surface area contributed by atoms with Crippen LogP contribution in [0.2, 0.25) is 0 Å². The lowest BCUT2D eigenvalue weighted by atomic mass is 10.1. The van der Waals surface area contributed by atoms with Gasteiger partial charge in [-0.1, -0.05) is 35.4 Å². The van der Waals surface area contributed by atoms with Crippen LogP contribution in [0.4, 0.5) is 11.4 Å². The highest BCUT2D eigenvalue weighted by atomic mass is 32.2. The molecule has 0 aliphatic heterocycles. The molecule has 0 fully saturated rings. The van der Waals surface area contributed by atoms with Crippen LogP contribution in [0.5, 0.6) is 0 Å². The molecule has 0 unspecified atom stereocenters. The van der Waals surface area contributed by atoms with Crippen molar-refractivity contribution in [1.29, 1.82) is 0 Å². The summed E-state index contributed by atoms with van der Waals surface area (Å²) in [5.74, 6) is 0. The second kappa shape index (κ2) is 8.72. The molecule has 0 heterocycles. The maximum atomic E-state index is 4.55. The second-order valence-corrected chi connectivity index (χ2v) is 7.56. The highest BCUT2D eigenvalue weighted by molar-refractivity contribution is 7.95. The van der Waals surface area contributed by atoms with E-state index in [4.69, 9.17) is 0 Å². The minimum atomic E-state index is 0.990. The molecule has 0 atom stereocenters. The Kier molecular flexibility index (Phi) is 6.65. The molecule has 2 aromatic carbocycles. The van der Waals surface area contributed by atoms with Gasteiger partial charge < -0.3 is 0 Å². The lowest BCUT2D eigenvalue weighted by molar-refractivity contribution is 0.779. The van der Waals surface area contributed by atoms with E-state index in [2.05, 4.69) is 61.9 Å². The number of hydrogen-bond donors (Lipinski definition) is 0. The van der Waals surface area contributed by atoms with Crippen LogP contribution in [-0.2, 0) is 0 Å². The zero-order valence-electron chi connectivity index (χ0n) is 15.8. The third-order valence-electron chi connectivity index (χ3n) is 3.68. The fourth-order valence-electron chi connectivity index (χ4n) is 2.43. The first kappa shape index (κ1) is 19.1. The minimum Gasteiger partial charge on any atom is -0.292 e. The zero-order chi connectivity index (χ0) is 18.4. The van der Waals surface area contributed by atoms with E-state index < -0.39 is 0 Å². The molecule has 132 valence electrons. The van der Waals surface area contributed by atoms with Gasteiger partial charge >= 0.3 is 0 Å². The SMILES string of the molecule is Cc1ccc(/N=C\N(C)SN(C)/C=N\c2ccc(C)cc2C)c(C)c1. The maximum absolute atomic E-state index is 4.55. The number of aryl methyl sites for hydroxylation is 4. The fraction of sp³-hybridized carbons (Fsp3) is 0.300. The molecule has 0 spiro atoms. The Morgan fingerprint density at radius 1 is 0.720 bits per heavy atom. The number of benzene rings is 2. The monoisotopic (exact) mass is 354 g/mol. The van der Waals surface area contributed by atoms with Crippen molar-refractivity contribution >= 4 is 36.2 Å². The molecule has 2 aromatic rings. The largest absolute Gasteiger partial charge is 0.292 e. The summed E-state index contributed by atoms with van der Waals surface area (Å²) in [6.07, 6.45) is 3.65. The van der Waals surface area contributed by atoms with Crippen LogP contribution in [0.25, 0.3) is 0 Å². The van der Waals surface area contributed by atoms with Gasteiger partial charge in [0.05, 0.1) is 23.5 Å². The Morgan fingerprint density at radius 2 is 1.12 bits per heavy atom. The molecule has 0 aliphatic rings. The van der Waals surface area contributed by atoms with Crippen molar-refractivity contribution in [3.8, 4) is 0 Å². The average molecular weight is 355 g/mol. The van der Waals surface area contributed by atoms with Crippen molar-refractivity contribution in [1.82, 2.24) is 8.61 Å². The van der Waals surface area contributed by atoms with E-state index in [9.17, 15) is 0 Å². The van der Waals surface area contributed by atoms with Crippen molar-refractivity contribution in [3.05, 3.63) is 58.7 Å². The smallest absolute Gasteiger partial charge is 0.102 e. The Hall–Kier alpha value is -2.27. The summed E-state index contributed by atoms with van der Waals surface area (Å²) in [4.78, 5) is 9.10. The Morgan fingerprint density at radius 3 is 1.48 bits per heavy atom. The van der Waals surface area contributed by atoms with E-state index in [1.54, 1.807) is 0 Å². The Labute approximate surface area is 155 Å². The van der Waals surface area contributed by atoms with Crippen molar-refractivity contribution in [2.75, 3.05) is 14.1 Å². The first-order valence-corrected chi connectivity index (χ1v) is 8.95. The zero-order valence-corrected chi connectivity index (χ0v) is 16.6. The lowest BCUT2D eigenvalue weighted by Crippen LogP contribution is -2.16. The van der Waals surface area contributed by atoms with Crippen molar-refractivity contribution in [2.24, 2.45) is 9.98 Å². The molecule has 0 saturated carbocycles. The van der Waals surface area contributed by atoms with E-state index in [1.165, 1.54) is 34.4 Å². The summed E-state index contributed by atoms with van der Waals surface area (Å²) in [6, 6.07) is 12.5. The van der Waals surface area contributed by atoms with Crippen LogP contribution < -0.4 is 0 Å². The molecule has 0 bridgehead atoms. The summed E-state index contributed by atoms with van der Waals surface area (Å²) < 4.78 is 3.90. The topological polar surface area (TPSA) is 31.2 Å². The molecular formula is C20H26N4S. The van der Waals surface area contributed by atoms with Gasteiger partial charge in [0.2, 0.25) is 0 Å². The van der Waals surface area contributed by atoms with Gasteiger partial charge in [0, 0.05) is 14.1 Å². The number of nitrogens with zero attached hydrogens (tertiary/aromatic N) is 4. The second-order valence-electron chi connectivity index (χ2n) is 6.24. The Bertz CT molecular complexity index is 718. The van der Waals surface area contributed by atoms with Gasteiger partial charge in [0.25, 0.3) is 0 Å². The van der Waals surface area contributed by atoms with E-state index >= 15 is 0 Å². The summed E-state index contributed by atoms with van der Waals surface area (Å²) in [5.41, 5.74) is 6.84. The summed E-state index contributed by atoms with van der Waals surface area (Å²) in [7, 11) is 3.94. The lowest BCUT2D eigenvalue weighted by Gasteiger charge is -2.18. The van der Waals surface area contributed by atoms with E-state index in [-0.39, 0.29) is 0 Å². The molecule has 0 radical (unpaired) electrons. The van der Waals surface area contributed by atoms with Crippen LogP contribution in [-0.4, -0.2) is 35.4 Å². The molecule has 0 aliphatic carbocycles. The van der Waals surface area contributed by atoms with Gasteiger partial charge in [-0.05, 0) is 51.0 Å². The van der Waals surface area contributed by atoms with Crippen LogP contribution >= 0.6 is 12.1 Å². The quantitative estimate of drug-likeness (QED) is 0.397. The van der Waals surface area contributed by atoms with Gasteiger partial charge in [-0.3, -0.25) is 8.61 Å². The van der Waals surface area contributed by atoms with Crippen molar-refractivity contribution in [2.45, 2.75) is 27.7 Å². The predicted molar refractivity (Wildman–Crippen MR) is 111 cm³/mol. The van der Waals surface area contributed by atoms with Crippen LogP contribution in [0.15, 0.2) is 46.4 Å². The standard InChI is InChI=1S/C20H26N4S/c1-15-7-9-19(17(3)11-15)21-13-23(5)25-24(6)14-22-20-10-8-16(2)12-18(20)4/h7-14H,1-6H3/b21-13-,22-14-. The van der Waals surface area contributed by atoms with E-state index in [0.29, 0.717) is 0 Å². The number of hydrogen-bond acceptors (Lipinski definition) is 3. The Balaban J connectivity index is 1.94. The molecule has 25 heavy (non-hydrogen) atoms. The third-order valence-corrected chi connectivity index (χ3v) is 4.38. The normalized spacial score (nSPS) is 11.4. The third kappa shape index (κ3) is 5.94. The molecular weight excluding hydrogens is 328 g/mol. The van der Waals surface area contributed by atoms with Gasteiger partial charge in [-0.2, -0.15) is 0 Å². The first-order valence-electron chi connectivity index (χ1n) is 8.22. The van der Waals surface area contributed by atoms with Crippen molar-refractivity contribution < 1.29 is 0 Å². The fourth-order valence-corrected chi connectivity index (χ4v) is 3.02. The number of aliphatic imine (C=N–C) groups is 2. The highest BCUT2D eigenvalue weighted by Crippen LogP contribution is 2.21. The summed E-state index contributed by atoms with van der Waals surface area (Å²) >= 11 is 1.52. The molecule has 0 saturated heterocycles. The molecule has 2 rings (SSSR count). The molecule has 0 aromatic heterocycles. The minimum absolute atomic E-state index is 0.990. The average Bonchev–Trinajstić information content (AvgIpc) is 2.53. The highest BCUT2D eigenvalue weighted by Gasteiger charge is 2.01. The predicted octanol–water partition coefficient (Wildman–Crippen LogP) is 5.37. The van der Waals surface area contributed by atoms with Gasteiger partial charge in [-0.25, -0.2) is 9.98 Å². The summed E-state index contributed by atoms with van der Waals surface area (Å²) in [6.45, 7) is 8.34. The number of rotatable bonds is 6. The van der Waals surface area contributed by atoms with E-state index in [0.717, 1.165) is 11.4 Å². The molecule has 0 N–H and O–H groups in total. The molecule has 5 heteroatoms.